The van der Waals surface area contributed by atoms with Crippen molar-refractivity contribution in [1.82, 2.24) is 5.32 Å². The van der Waals surface area contributed by atoms with E-state index >= 15 is 0 Å². The van der Waals surface area contributed by atoms with Crippen molar-refractivity contribution < 1.29 is 9.59 Å². The average molecular weight is 232 g/mol. The summed E-state index contributed by atoms with van der Waals surface area (Å²) in [4.78, 5) is 24.0. The zero-order valence-corrected chi connectivity index (χ0v) is 10.0. The van der Waals surface area contributed by atoms with Gasteiger partial charge < -0.3 is 10.6 Å². The molecule has 1 aromatic carbocycles. The van der Waals surface area contributed by atoms with Crippen molar-refractivity contribution in [3.8, 4) is 0 Å². The number of rotatable bonds is 0. The van der Waals surface area contributed by atoms with E-state index in [0.717, 1.165) is 0 Å². The molecule has 2 N–H and O–H groups in total. The van der Waals surface area contributed by atoms with Crippen molar-refractivity contribution >= 4 is 17.4 Å². The summed E-state index contributed by atoms with van der Waals surface area (Å²) in [5, 5.41) is 5.88. The maximum Gasteiger partial charge on any atom is 0.244 e. The van der Waals surface area contributed by atoms with E-state index in [1.807, 2.05) is 6.07 Å². The molecule has 0 aromatic heterocycles. The highest BCUT2D eigenvalue weighted by molar-refractivity contribution is 6.07. The fraction of sp³-hybridized carbons (Fsp3) is 0.385. The maximum atomic E-state index is 12.0. The van der Waals surface area contributed by atoms with Gasteiger partial charge >= 0.3 is 0 Å². The Kier molecular flexibility index (Phi) is 2.98. The van der Waals surface area contributed by atoms with Crippen molar-refractivity contribution in [2.75, 3.05) is 11.9 Å². The Balaban J connectivity index is 2.42. The zero-order chi connectivity index (χ0) is 12.5. The minimum Gasteiger partial charge on any atom is -0.324 e. The lowest BCUT2D eigenvalue weighted by atomic mass is 10.0. The normalized spacial score (nSPS) is 19.6. The van der Waals surface area contributed by atoms with Crippen LogP contribution in [-0.2, 0) is 4.79 Å². The molecule has 2 rings (SSSR count). The molecule has 0 aliphatic carbocycles. The van der Waals surface area contributed by atoms with Gasteiger partial charge in [-0.2, -0.15) is 0 Å². The molecule has 1 aliphatic rings. The van der Waals surface area contributed by atoms with Gasteiger partial charge in [-0.05, 0) is 26.0 Å². The van der Waals surface area contributed by atoms with Crippen LogP contribution in [0.2, 0.25) is 0 Å². The summed E-state index contributed by atoms with van der Waals surface area (Å²) in [6.45, 7) is 4.12. The first kappa shape index (κ1) is 11.8. The number of carbonyl (C=O) groups excluding carboxylic acids is 2. The average Bonchev–Trinajstić information content (AvgIpc) is 2.31. The molecule has 17 heavy (non-hydrogen) atoms. The highest BCUT2D eigenvalue weighted by atomic mass is 16.2. The standard InChI is InChI=1S/C13H16N2O2/c1-13(2)12(17)15-10-6-4-3-5-9(10)11(16)7-8-14-13/h3-6,14H,7-8H2,1-2H3,(H,15,17). The Morgan fingerprint density at radius 2 is 1.88 bits per heavy atom. The van der Waals surface area contributed by atoms with E-state index < -0.39 is 5.54 Å². The number of hydrogen-bond acceptors (Lipinski definition) is 3. The molecule has 1 amide bonds. The molecule has 90 valence electrons. The van der Waals surface area contributed by atoms with E-state index in [0.29, 0.717) is 24.2 Å². The second-order valence-electron chi connectivity index (χ2n) is 4.72. The largest absolute Gasteiger partial charge is 0.324 e. The molecule has 0 unspecified atom stereocenters. The van der Waals surface area contributed by atoms with Gasteiger partial charge in [0, 0.05) is 18.5 Å². The lowest BCUT2D eigenvalue weighted by Gasteiger charge is -2.24. The quantitative estimate of drug-likeness (QED) is 0.714. The molecule has 0 atom stereocenters. The van der Waals surface area contributed by atoms with E-state index in [1.54, 1.807) is 32.0 Å². The first-order valence-corrected chi connectivity index (χ1v) is 5.69. The molecule has 0 spiro atoms. The van der Waals surface area contributed by atoms with Crippen molar-refractivity contribution in [2.45, 2.75) is 25.8 Å². The molecule has 1 heterocycles. The highest BCUT2D eigenvalue weighted by Gasteiger charge is 2.29. The number of carbonyl (C=O) groups is 2. The van der Waals surface area contributed by atoms with Gasteiger partial charge in [0.1, 0.15) is 0 Å². The third-order valence-corrected chi connectivity index (χ3v) is 2.96. The van der Waals surface area contributed by atoms with Crippen molar-refractivity contribution in [2.24, 2.45) is 0 Å². The Morgan fingerprint density at radius 1 is 1.18 bits per heavy atom. The number of amides is 1. The van der Waals surface area contributed by atoms with E-state index in [-0.39, 0.29) is 11.7 Å². The molecular formula is C13H16N2O2. The summed E-state index contributed by atoms with van der Waals surface area (Å²) in [6, 6.07) is 7.12. The smallest absolute Gasteiger partial charge is 0.244 e. The van der Waals surface area contributed by atoms with Crippen LogP contribution in [0.4, 0.5) is 5.69 Å². The number of ketones is 1. The van der Waals surface area contributed by atoms with Crippen LogP contribution in [0, 0.1) is 0 Å². The lowest BCUT2D eigenvalue weighted by Crippen LogP contribution is -2.49. The first-order valence-electron chi connectivity index (χ1n) is 5.69. The van der Waals surface area contributed by atoms with Gasteiger partial charge in [-0.1, -0.05) is 12.1 Å². The summed E-state index contributed by atoms with van der Waals surface area (Å²) >= 11 is 0. The van der Waals surface area contributed by atoms with E-state index in [9.17, 15) is 9.59 Å². The van der Waals surface area contributed by atoms with Crippen LogP contribution in [0.5, 0.6) is 0 Å². The molecule has 0 saturated carbocycles. The van der Waals surface area contributed by atoms with Gasteiger partial charge in [-0.3, -0.25) is 9.59 Å². The lowest BCUT2D eigenvalue weighted by molar-refractivity contribution is -0.121. The second kappa shape index (κ2) is 4.30. The molecule has 1 aromatic rings. The SMILES string of the molecule is CC1(C)NCCC(=O)c2ccccc2NC1=O. The highest BCUT2D eigenvalue weighted by Crippen LogP contribution is 2.20. The van der Waals surface area contributed by atoms with E-state index in [2.05, 4.69) is 10.6 Å². The third-order valence-electron chi connectivity index (χ3n) is 2.96. The van der Waals surface area contributed by atoms with Gasteiger partial charge in [-0.15, -0.1) is 0 Å². The topological polar surface area (TPSA) is 58.2 Å². The van der Waals surface area contributed by atoms with Crippen LogP contribution < -0.4 is 10.6 Å². The fourth-order valence-electron chi connectivity index (χ4n) is 1.82. The minimum absolute atomic E-state index is 0.0473. The van der Waals surface area contributed by atoms with Crippen LogP contribution in [0.15, 0.2) is 24.3 Å². The van der Waals surface area contributed by atoms with Crippen LogP contribution in [0.3, 0.4) is 0 Å². The third kappa shape index (κ3) is 2.36. The predicted octanol–water partition coefficient (Wildman–Crippen LogP) is 1.58. The van der Waals surface area contributed by atoms with Gasteiger partial charge in [0.05, 0.1) is 11.2 Å². The number of para-hydroxylation sites is 1. The maximum absolute atomic E-state index is 12.0. The van der Waals surface area contributed by atoms with Gasteiger partial charge in [0.15, 0.2) is 5.78 Å². The Hall–Kier alpha value is -1.68. The molecule has 4 heteroatoms. The molecule has 4 nitrogen and oxygen atoms in total. The van der Waals surface area contributed by atoms with E-state index in [4.69, 9.17) is 0 Å². The Bertz CT molecular complexity index is 466. The minimum atomic E-state index is -0.669. The van der Waals surface area contributed by atoms with Crippen LogP contribution >= 0.6 is 0 Å². The molecule has 0 radical (unpaired) electrons. The first-order chi connectivity index (χ1) is 8.00. The van der Waals surface area contributed by atoms with Gasteiger partial charge in [-0.25, -0.2) is 0 Å². The second-order valence-corrected chi connectivity index (χ2v) is 4.72. The zero-order valence-electron chi connectivity index (χ0n) is 10.0. The summed E-state index contributed by atoms with van der Waals surface area (Å²) in [5.74, 6) is -0.0780. The van der Waals surface area contributed by atoms with Crippen molar-refractivity contribution in [3.05, 3.63) is 29.8 Å². The fourth-order valence-corrected chi connectivity index (χ4v) is 1.82. The van der Waals surface area contributed by atoms with Crippen LogP contribution in [-0.4, -0.2) is 23.8 Å². The summed E-state index contributed by atoms with van der Waals surface area (Å²) in [5.41, 5.74) is 0.511. The molecule has 0 saturated heterocycles. The molecule has 0 bridgehead atoms. The number of benzene rings is 1. The monoisotopic (exact) mass is 232 g/mol. The summed E-state index contributed by atoms with van der Waals surface area (Å²) < 4.78 is 0. The summed E-state index contributed by atoms with van der Waals surface area (Å²) in [6.07, 6.45) is 0.398. The molecule has 0 fully saturated rings. The van der Waals surface area contributed by atoms with Crippen molar-refractivity contribution in [1.29, 1.82) is 0 Å². The number of nitrogens with one attached hydrogen (secondary N) is 2. The van der Waals surface area contributed by atoms with E-state index in [1.165, 1.54) is 0 Å². The van der Waals surface area contributed by atoms with Gasteiger partial charge in [0.2, 0.25) is 5.91 Å². The Labute approximate surface area is 100 Å². The molecule has 1 aliphatic heterocycles. The summed E-state index contributed by atoms with van der Waals surface area (Å²) in [7, 11) is 0. The number of hydrogen-bond donors (Lipinski definition) is 2. The number of fused-ring (bicyclic) bond motifs is 1. The van der Waals surface area contributed by atoms with Crippen LogP contribution in [0.25, 0.3) is 0 Å². The van der Waals surface area contributed by atoms with Gasteiger partial charge in [0.25, 0.3) is 0 Å². The number of anilines is 1. The predicted molar refractivity (Wildman–Crippen MR) is 66.1 cm³/mol. The molecular weight excluding hydrogens is 216 g/mol. The number of Topliss-reactive ketones (excluding diaryl/α,β-unsaturated/α-hetero) is 1. The van der Waals surface area contributed by atoms with Crippen molar-refractivity contribution in [3.63, 3.8) is 0 Å². The Morgan fingerprint density at radius 3 is 2.65 bits per heavy atom. The van der Waals surface area contributed by atoms with Crippen LogP contribution in [0.1, 0.15) is 30.6 Å².